The monoisotopic (exact) mass is 280 g/mol. The second-order valence-electron chi connectivity index (χ2n) is 5.48. The second kappa shape index (κ2) is 6.88. The Bertz CT molecular complexity index is 447. The van der Waals surface area contributed by atoms with E-state index in [1.54, 1.807) is 0 Å². The molecule has 0 bridgehead atoms. The number of anilines is 1. The number of carbonyl (C=O) groups excluding carboxylic acids is 1. The zero-order valence-corrected chi connectivity index (χ0v) is 11.9. The number of carbonyl (C=O) groups is 2. The number of nitrogens with zero attached hydrogens (tertiary/aromatic N) is 1. The summed E-state index contributed by atoms with van der Waals surface area (Å²) in [6.07, 6.45) is 3.86. The van der Waals surface area contributed by atoms with Gasteiger partial charge in [0.1, 0.15) is 11.4 Å². The van der Waals surface area contributed by atoms with Gasteiger partial charge in [-0.1, -0.05) is 6.07 Å². The van der Waals surface area contributed by atoms with Crippen LogP contribution in [-0.2, 0) is 9.53 Å². The maximum atomic E-state index is 11.5. The SMILES string of the molecule is CC(C)(C)OC(=O)Nc1ccc(C2CC2)cn1.O=CO. The van der Waals surface area contributed by atoms with Crippen LogP contribution < -0.4 is 5.32 Å². The third-order valence-corrected chi connectivity index (χ3v) is 2.46. The van der Waals surface area contributed by atoms with Gasteiger partial charge in [0.15, 0.2) is 0 Å². The van der Waals surface area contributed by atoms with E-state index in [4.69, 9.17) is 14.6 Å². The van der Waals surface area contributed by atoms with Gasteiger partial charge < -0.3 is 9.84 Å². The Labute approximate surface area is 118 Å². The Morgan fingerprint density at radius 2 is 2.05 bits per heavy atom. The largest absolute Gasteiger partial charge is 0.483 e. The predicted molar refractivity (Wildman–Crippen MR) is 74.8 cm³/mol. The molecule has 0 saturated heterocycles. The van der Waals surface area contributed by atoms with Gasteiger partial charge >= 0.3 is 6.09 Å². The smallest absolute Gasteiger partial charge is 0.413 e. The third-order valence-electron chi connectivity index (χ3n) is 2.46. The molecule has 6 heteroatoms. The van der Waals surface area contributed by atoms with E-state index in [0.29, 0.717) is 11.7 Å². The Morgan fingerprint density at radius 1 is 1.45 bits per heavy atom. The van der Waals surface area contributed by atoms with Gasteiger partial charge in [0, 0.05) is 6.20 Å². The summed E-state index contributed by atoms with van der Waals surface area (Å²) in [5.41, 5.74) is 0.762. The molecule has 1 aromatic rings. The van der Waals surface area contributed by atoms with Gasteiger partial charge in [-0.05, 0) is 51.2 Å². The molecule has 0 unspecified atom stereocenters. The molecule has 1 saturated carbocycles. The van der Waals surface area contributed by atoms with Crippen molar-refractivity contribution in [2.24, 2.45) is 0 Å². The topological polar surface area (TPSA) is 88.5 Å². The number of hydrogen-bond donors (Lipinski definition) is 2. The van der Waals surface area contributed by atoms with Crippen LogP contribution in [0.2, 0.25) is 0 Å². The first kappa shape index (κ1) is 15.9. The van der Waals surface area contributed by atoms with E-state index in [1.165, 1.54) is 18.4 Å². The quantitative estimate of drug-likeness (QED) is 0.813. The van der Waals surface area contributed by atoms with Crippen molar-refractivity contribution in [3.05, 3.63) is 23.9 Å². The first-order valence-corrected chi connectivity index (χ1v) is 6.39. The van der Waals surface area contributed by atoms with Crippen molar-refractivity contribution in [3.63, 3.8) is 0 Å². The highest BCUT2D eigenvalue weighted by atomic mass is 16.6. The number of aromatic nitrogens is 1. The molecule has 1 amide bonds. The molecular weight excluding hydrogens is 260 g/mol. The standard InChI is InChI=1S/C13H18N2O2.CH2O2/c1-13(2,3)17-12(16)15-11-7-6-10(8-14-11)9-4-5-9;2-1-3/h6-9H,4-5H2,1-3H3,(H,14,15,16);1H,(H,2,3). The first-order valence-electron chi connectivity index (χ1n) is 6.39. The van der Waals surface area contributed by atoms with Crippen LogP contribution in [0.1, 0.15) is 45.1 Å². The van der Waals surface area contributed by atoms with Crippen LogP contribution in [0, 0.1) is 0 Å². The van der Waals surface area contributed by atoms with Gasteiger partial charge in [0.25, 0.3) is 6.47 Å². The van der Waals surface area contributed by atoms with Crippen LogP contribution in [-0.4, -0.2) is 28.3 Å². The van der Waals surface area contributed by atoms with E-state index in [-0.39, 0.29) is 6.47 Å². The van der Waals surface area contributed by atoms with Crippen molar-refractivity contribution in [3.8, 4) is 0 Å². The fourth-order valence-corrected chi connectivity index (χ4v) is 1.55. The lowest BCUT2D eigenvalue weighted by Gasteiger charge is -2.19. The average molecular weight is 280 g/mol. The first-order chi connectivity index (χ1) is 9.35. The molecule has 2 rings (SSSR count). The Kier molecular flexibility index (Phi) is 5.49. The molecule has 1 aromatic heterocycles. The van der Waals surface area contributed by atoms with Gasteiger partial charge in [-0.3, -0.25) is 10.1 Å². The van der Waals surface area contributed by atoms with Crippen LogP contribution in [0.15, 0.2) is 18.3 Å². The molecule has 2 N–H and O–H groups in total. The summed E-state index contributed by atoms with van der Waals surface area (Å²) >= 11 is 0. The number of rotatable bonds is 2. The molecule has 1 heterocycles. The van der Waals surface area contributed by atoms with E-state index in [9.17, 15) is 4.79 Å². The van der Waals surface area contributed by atoms with E-state index < -0.39 is 11.7 Å². The minimum absolute atomic E-state index is 0.250. The van der Waals surface area contributed by atoms with Crippen LogP contribution in [0.25, 0.3) is 0 Å². The third kappa shape index (κ3) is 6.17. The maximum absolute atomic E-state index is 11.5. The molecule has 6 nitrogen and oxygen atoms in total. The highest BCUT2D eigenvalue weighted by Gasteiger charge is 2.23. The van der Waals surface area contributed by atoms with Gasteiger partial charge in [-0.2, -0.15) is 0 Å². The normalized spacial score (nSPS) is 13.8. The summed E-state index contributed by atoms with van der Waals surface area (Å²) in [6.45, 7) is 5.24. The van der Waals surface area contributed by atoms with Gasteiger partial charge in [-0.25, -0.2) is 9.78 Å². The molecule has 1 aliphatic rings. The predicted octanol–water partition coefficient (Wildman–Crippen LogP) is 3.01. The summed E-state index contributed by atoms with van der Waals surface area (Å²) in [5.74, 6) is 1.21. The number of nitrogens with one attached hydrogen (secondary N) is 1. The van der Waals surface area contributed by atoms with Gasteiger partial charge in [0.05, 0.1) is 0 Å². The maximum Gasteiger partial charge on any atom is 0.413 e. The average Bonchev–Trinajstić information content (AvgIpc) is 3.12. The molecule has 0 aromatic carbocycles. The highest BCUT2D eigenvalue weighted by Crippen LogP contribution is 2.39. The van der Waals surface area contributed by atoms with Crippen molar-refractivity contribution in [1.29, 1.82) is 0 Å². The van der Waals surface area contributed by atoms with Crippen molar-refractivity contribution in [2.75, 3.05) is 5.32 Å². The van der Waals surface area contributed by atoms with E-state index in [0.717, 1.165) is 0 Å². The van der Waals surface area contributed by atoms with Crippen molar-refractivity contribution < 1.29 is 19.4 Å². The Balaban J connectivity index is 0.000000612. The zero-order chi connectivity index (χ0) is 15.2. The summed E-state index contributed by atoms with van der Waals surface area (Å²) in [4.78, 5) is 24.0. The minimum Gasteiger partial charge on any atom is -0.483 e. The molecular formula is C14H20N2O4. The van der Waals surface area contributed by atoms with Crippen LogP contribution in [0.4, 0.5) is 10.6 Å². The summed E-state index contributed by atoms with van der Waals surface area (Å²) in [5, 5.41) is 9.50. The number of amides is 1. The lowest BCUT2D eigenvalue weighted by Crippen LogP contribution is -2.27. The molecule has 110 valence electrons. The van der Waals surface area contributed by atoms with Crippen LogP contribution >= 0.6 is 0 Å². The number of carboxylic acid groups (broad SMARTS) is 1. The molecule has 1 fully saturated rings. The van der Waals surface area contributed by atoms with Gasteiger partial charge in [-0.15, -0.1) is 0 Å². The zero-order valence-electron chi connectivity index (χ0n) is 11.9. The number of pyridine rings is 1. The van der Waals surface area contributed by atoms with Crippen LogP contribution in [0.5, 0.6) is 0 Å². The fraction of sp³-hybridized carbons (Fsp3) is 0.500. The molecule has 0 radical (unpaired) electrons. The molecule has 0 atom stereocenters. The molecule has 0 spiro atoms. The molecule has 0 aliphatic heterocycles. The van der Waals surface area contributed by atoms with Crippen molar-refractivity contribution >= 4 is 18.4 Å². The van der Waals surface area contributed by atoms with Gasteiger partial charge in [0.2, 0.25) is 0 Å². The lowest BCUT2D eigenvalue weighted by molar-refractivity contribution is -0.122. The number of ether oxygens (including phenoxy) is 1. The summed E-state index contributed by atoms with van der Waals surface area (Å²) in [6, 6.07) is 3.83. The highest BCUT2D eigenvalue weighted by molar-refractivity contribution is 5.83. The number of hydrogen-bond acceptors (Lipinski definition) is 4. The Morgan fingerprint density at radius 3 is 2.45 bits per heavy atom. The fourth-order valence-electron chi connectivity index (χ4n) is 1.55. The Hall–Kier alpha value is -2.11. The minimum atomic E-state index is -0.488. The second-order valence-corrected chi connectivity index (χ2v) is 5.48. The summed E-state index contributed by atoms with van der Waals surface area (Å²) < 4.78 is 5.14. The van der Waals surface area contributed by atoms with E-state index in [2.05, 4.69) is 10.3 Å². The van der Waals surface area contributed by atoms with Crippen molar-refractivity contribution in [2.45, 2.75) is 45.1 Å². The van der Waals surface area contributed by atoms with Crippen LogP contribution in [0.3, 0.4) is 0 Å². The summed E-state index contributed by atoms with van der Waals surface area (Å²) in [7, 11) is 0. The molecule has 1 aliphatic carbocycles. The van der Waals surface area contributed by atoms with Crippen molar-refractivity contribution in [1.82, 2.24) is 4.98 Å². The van der Waals surface area contributed by atoms with E-state index in [1.807, 2.05) is 39.1 Å². The molecule has 20 heavy (non-hydrogen) atoms. The van der Waals surface area contributed by atoms with E-state index >= 15 is 0 Å². The lowest BCUT2D eigenvalue weighted by atomic mass is 10.2.